The monoisotopic (exact) mass is 447 g/mol. The van der Waals surface area contributed by atoms with Gasteiger partial charge < -0.3 is 15.3 Å². The van der Waals surface area contributed by atoms with E-state index in [1.807, 2.05) is 29.2 Å². The van der Waals surface area contributed by atoms with Crippen LogP contribution in [0, 0.1) is 5.92 Å². The highest BCUT2D eigenvalue weighted by Gasteiger charge is 2.43. The van der Waals surface area contributed by atoms with Crippen LogP contribution in [-0.2, 0) is 20.8 Å². The van der Waals surface area contributed by atoms with Crippen LogP contribution in [0.5, 0.6) is 0 Å². The minimum Gasteiger partial charge on any atom is -0.396 e. The van der Waals surface area contributed by atoms with Crippen LogP contribution in [0.1, 0.15) is 37.8 Å². The van der Waals surface area contributed by atoms with Gasteiger partial charge in [-0.05, 0) is 60.6 Å². The maximum Gasteiger partial charge on any atom is 0.282 e. The summed E-state index contributed by atoms with van der Waals surface area (Å²) in [6.07, 6.45) is 2.61. The number of hydrogen-bond acceptors (Lipinski definition) is 5. The predicted molar refractivity (Wildman–Crippen MR) is 127 cm³/mol. The average molecular weight is 448 g/mol. The third kappa shape index (κ3) is 4.54. The van der Waals surface area contributed by atoms with E-state index in [0.717, 1.165) is 24.8 Å². The lowest BCUT2D eigenvalue weighted by atomic mass is 9.97. The molecule has 0 saturated carbocycles. The molecule has 0 bridgehead atoms. The Bertz CT molecular complexity index is 1090. The number of imide groups is 1. The Labute approximate surface area is 193 Å². The van der Waals surface area contributed by atoms with Crippen molar-refractivity contribution in [3.05, 3.63) is 65.4 Å². The van der Waals surface area contributed by atoms with Gasteiger partial charge in [0.05, 0.1) is 11.3 Å². The second kappa shape index (κ2) is 9.58. The molecule has 2 aliphatic heterocycles. The number of hydrogen-bond donors (Lipinski definition) is 2. The van der Waals surface area contributed by atoms with Crippen molar-refractivity contribution < 1.29 is 19.5 Å². The molecule has 7 heteroatoms. The van der Waals surface area contributed by atoms with Gasteiger partial charge in [0.2, 0.25) is 5.91 Å². The first-order valence-electron chi connectivity index (χ1n) is 11.4. The van der Waals surface area contributed by atoms with Gasteiger partial charge in [-0.3, -0.25) is 14.4 Å². The largest absolute Gasteiger partial charge is 0.396 e. The number of aryl methyl sites for hydroxylation is 1. The SMILES string of the molecule is CCc1ccc(N2C(=O)C(c3ccc(NC(C)=O)cc3)=C(N3CCCC(CO)C3)C2=O)cc1. The smallest absolute Gasteiger partial charge is 0.282 e. The molecule has 2 aromatic carbocycles. The third-order valence-electron chi connectivity index (χ3n) is 6.25. The molecule has 0 spiro atoms. The topological polar surface area (TPSA) is 90.0 Å². The lowest BCUT2D eigenvalue weighted by molar-refractivity contribution is -0.121. The van der Waals surface area contributed by atoms with Crippen molar-refractivity contribution in [1.29, 1.82) is 0 Å². The summed E-state index contributed by atoms with van der Waals surface area (Å²) in [6.45, 7) is 4.72. The highest BCUT2D eigenvalue weighted by atomic mass is 16.3. The van der Waals surface area contributed by atoms with Crippen LogP contribution in [0.4, 0.5) is 11.4 Å². The van der Waals surface area contributed by atoms with Gasteiger partial charge in [-0.2, -0.15) is 0 Å². The van der Waals surface area contributed by atoms with E-state index < -0.39 is 0 Å². The minimum absolute atomic E-state index is 0.0505. The van der Waals surface area contributed by atoms with Crippen molar-refractivity contribution in [1.82, 2.24) is 4.90 Å². The molecule has 1 unspecified atom stereocenters. The molecule has 1 saturated heterocycles. The van der Waals surface area contributed by atoms with Crippen LogP contribution in [0.15, 0.2) is 54.2 Å². The van der Waals surface area contributed by atoms with Gasteiger partial charge in [0.15, 0.2) is 0 Å². The van der Waals surface area contributed by atoms with E-state index in [0.29, 0.717) is 41.3 Å². The Kier molecular flexibility index (Phi) is 6.60. The fourth-order valence-corrected chi connectivity index (χ4v) is 4.53. The molecule has 4 rings (SSSR count). The van der Waals surface area contributed by atoms with Crippen LogP contribution in [0.25, 0.3) is 5.57 Å². The van der Waals surface area contributed by atoms with Crippen LogP contribution < -0.4 is 10.2 Å². The standard InChI is InChI=1S/C26H29N3O4/c1-3-18-6-12-22(13-7-18)29-25(32)23(20-8-10-21(11-9-20)27-17(2)31)24(26(29)33)28-14-4-5-19(15-28)16-30/h6-13,19,30H,3-5,14-16H2,1-2H3,(H,27,31). The van der Waals surface area contributed by atoms with Gasteiger partial charge in [-0.1, -0.05) is 31.2 Å². The van der Waals surface area contributed by atoms with Crippen molar-refractivity contribution in [3.8, 4) is 0 Å². The molecule has 0 radical (unpaired) electrons. The van der Waals surface area contributed by atoms with Gasteiger partial charge in [0.1, 0.15) is 5.70 Å². The van der Waals surface area contributed by atoms with Gasteiger partial charge in [0.25, 0.3) is 11.8 Å². The van der Waals surface area contributed by atoms with Crippen LogP contribution in [0.3, 0.4) is 0 Å². The number of nitrogens with zero attached hydrogens (tertiary/aromatic N) is 2. The lowest BCUT2D eigenvalue weighted by Crippen LogP contribution is -2.40. The van der Waals surface area contributed by atoms with E-state index in [2.05, 4.69) is 12.2 Å². The van der Waals surface area contributed by atoms with Crippen LogP contribution in [-0.4, -0.2) is 47.4 Å². The second-order valence-corrected chi connectivity index (χ2v) is 8.58. The number of likely N-dealkylation sites (tertiary alicyclic amines) is 1. The first-order chi connectivity index (χ1) is 15.9. The number of aliphatic hydroxyl groups is 1. The number of rotatable bonds is 6. The number of anilines is 2. The van der Waals surface area contributed by atoms with E-state index >= 15 is 0 Å². The Morgan fingerprint density at radius 2 is 1.76 bits per heavy atom. The fraction of sp³-hybridized carbons (Fsp3) is 0.346. The van der Waals surface area contributed by atoms with E-state index in [1.54, 1.807) is 24.3 Å². The molecule has 2 aliphatic rings. The van der Waals surface area contributed by atoms with E-state index in [-0.39, 0.29) is 30.2 Å². The highest BCUT2D eigenvalue weighted by Crippen LogP contribution is 2.36. The van der Waals surface area contributed by atoms with Crippen molar-refractivity contribution in [2.24, 2.45) is 5.92 Å². The first-order valence-corrected chi connectivity index (χ1v) is 11.4. The number of amides is 3. The van der Waals surface area contributed by atoms with Crippen LogP contribution >= 0.6 is 0 Å². The number of benzene rings is 2. The number of piperidine rings is 1. The van der Waals surface area contributed by atoms with E-state index in [4.69, 9.17) is 0 Å². The summed E-state index contributed by atoms with van der Waals surface area (Å²) < 4.78 is 0. The van der Waals surface area contributed by atoms with Gasteiger partial charge in [-0.25, -0.2) is 4.90 Å². The molecule has 2 aromatic rings. The number of aliphatic hydroxyl groups excluding tert-OH is 1. The molecular weight excluding hydrogens is 418 g/mol. The summed E-state index contributed by atoms with van der Waals surface area (Å²) >= 11 is 0. The van der Waals surface area contributed by atoms with Crippen molar-refractivity contribution >= 4 is 34.7 Å². The summed E-state index contributed by atoms with van der Waals surface area (Å²) in [6, 6.07) is 14.4. The Balaban J connectivity index is 1.76. The summed E-state index contributed by atoms with van der Waals surface area (Å²) in [5.41, 5.74) is 3.64. The lowest BCUT2D eigenvalue weighted by Gasteiger charge is -2.34. The summed E-state index contributed by atoms with van der Waals surface area (Å²) in [5, 5.41) is 12.4. The summed E-state index contributed by atoms with van der Waals surface area (Å²) in [5.74, 6) is -0.823. The Hall–Kier alpha value is -3.45. The maximum atomic E-state index is 13.6. The Morgan fingerprint density at radius 1 is 1.06 bits per heavy atom. The maximum absolute atomic E-state index is 13.6. The van der Waals surface area contributed by atoms with E-state index in [1.165, 1.54) is 11.8 Å². The zero-order chi connectivity index (χ0) is 23.5. The molecule has 1 atom stereocenters. The summed E-state index contributed by atoms with van der Waals surface area (Å²) in [7, 11) is 0. The van der Waals surface area contributed by atoms with Crippen molar-refractivity contribution in [3.63, 3.8) is 0 Å². The predicted octanol–water partition coefficient (Wildman–Crippen LogP) is 3.20. The molecule has 0 aliphatic carbocycles. The molecule has 0 aromatic heterocycles. The first kappa shape index (κ1) is 22.7. The quantitative estimate of drug-likeness (QED) is 0.664. The zero-order valence-corrected chi connectivity index (χ0v) is 19.0. The summed E-state index contributed by atoms with van der Waals surface area (Å²) in [4.78, 5) is 41.8. The highest BCUT2D eigenvalue weighted by molar-refractivity contribution is 6.45. The normalized spacial score (nSPS) is 18.8. The van der Waals surface area contributed by atoms with E-state index in [9.17, 15) is 19.5 Å². The number of carbonyl (C=O) groups excluding carboxylic acids is 3. The van der Waals surface area contributed by atoms with Crippen molar-refractivity contribution in [2.45, 2.75) is 33.1 Å². The molecule has 2 N–H and O–H groups in total. The Morgan fingerprint density at radius 3 is 2.36 bits per heavy atom. The molecule has 172 valence electrons. The molecule has 1 fully saturated rings. The molecule has 33 heavy (non-hydrogen) atoms. The molecular formula is C26H29N3O4. The average Bonchev–Trinajstić information content (AvgIpc) is 3.09. The molecule has 7 nitrogen and oxygen atoms in total. The van der Waals surface area contributed by atoms with Gasteiger partial charge >= 0.3 is 0 Å². The number of carbonyl (C=O) groups is 3. The van der Waals surface area contributed by atoms with Crippen molar-refractivity contribution in [2.75, 3.05) is 29.9 Å². The molecule has 3 amide bonds. The third-order valence-corrected chi connectivity index (χ3v) is 6.25. The van der Waals surface area contributed by atoms with Gasteiger partial charge in [0, 0.05) is 32.3 Å². The molecule has 2 heterocycles. The second-order valence-electron chi connectivity index (χ2n) is 8.58. The van der Waals surface area contributed by atoms with Crippen LogP contribution in [0.2, 0.25) is 0 Å². The zero-order valence-electron chi connectivity index (χ0n) is 19.0. The number of nitrogens with one attached hydrogen (secondary N) is 1. The fourth-order valence-electron chi connectivity index (χ4n) is 4.53. The van der Waals surface area contributed by atoms with Gasteiger partial charge in [-0.15, -0.1) is 0 Å². The minimum atomic E-state index is -0.363.